The maximum Gasteiger partial charge on any atom is 0.407 e. The average Bonchev–Trinajstić information content (AvgIpc) is 3.53. The van der Waals surface area contributed by atoms with Gasteiger partial charge in [-0.15, -0.1) is 10.2 Å². The van der Waals surface area contributed by atoms with Gasteiger partial charge in [0.1, 0.15) is 6.10 Å². The van der Waals surface area contributed by atoms with E-state index < -0.39 is 5.92 Å². The van der Waals surface area contributed by atoms with E-state index in [2.05, 4.69) is 31.0 Å². The van der Waals surface area contributed by atoms with Crippen LogP contribution >= 0.6 is 0 Å². The van der Waals surface area contributed by atoms with E-state index in [-0.39, 0.29) is 41.4 Å². The van der Waals surface area contributed by atoms with Gasteiger partial charge in [0.15, 0.2) is 5.82 Å². The van der Waals surface area contributed by atoms with Gasteiger partial charge in [0.25, 0.3) is 0 Å². The summed E-state index contributed by atoms with van der Waals surface area (Å²) < 4.78 is 11.1. The van der Waals surface area contributed by atoms with Gasteiger partial charge in [0.2, 0.25) is 24.1 Å². The average molecular weight is 548 g/mol. The highest BCUT2D eigenvalue weighted by Crippen LogP contribution is 2.38. The number of hydrogen-bond donors (Lipinski definition) is 3. The van der Waals surface area contributed by atoms with E-state index in [1.54, 1.807) is 11.8 Å². The number of hydrogen-bond acceptors (Lipinski definition) is 8. The van der Waals surface area contributed by atoms with E-state index in [0.29, 0.717) is 36.3 Å². The Morgan fingerprint density at radius 2 is 2.10 bits per heavy atom. The molecule has 3 N–H and O–H groups in total. The quantitative estimate of drug-likeness (QED) is 0.378. The summed E-state index contributed by atoms with van der Waals surface area (Å²) in [7, 11) is 0. The van der Waals surface area contributed by atoms with Crippen LogP contribution < -0.4 is 15.5 Å². The highest BCUT2D eigenvalue weighted by molar-refractivity contribution is 5.98. The van der Waals surface area contributed by atoms with E-state index in [1.165, 1.54) is 6.39 Å². The molecule has 6 rings (SSSR count). The van der Waals surface area contributed by atoms with Gasteiger partial charge in [-0.2, -0.15) is 5.10 Å². The van der Waals surface area contributed by atoms with Crippen molar-refractivity contribution in [2.75, 3.05) is 16.8 Å². The fourth-order valence-electron chi connectivity index (χ4n) is 5.54. The Morgan fingerprint density at radius 1 is 1.25 bits per heavy atom. The van der Waals surface area contributed by atoms with E-state index in [1.807, 2.05) is 31.2 Å². The van der Waals surface area contributed by atoms with Gasteiger partial charge in [-0.3, -0.25) is 14.7 Å². The highest BCUT2D eigenvalue weighted by atomic mass is 16.6. The van der Waals surface area contributed by atoms with E-state index in [4.69, 9.17) is 9.15 Å². The van der Waals surface area contributed by atoms with Crippen molar-refractivity contribution in [2.24, 2.45) is 0 Å². The number of alkyl carbamates (subject to hydrolysis) is 1. The molecule has 3 heterocycles. The van der Waals surface area contributed by atoms with Crippen LogP contribution in [-0.2, 0) is 14.3 Å². The summed E-state index contributed by atoms with van der Waals surface area (Å²) >= 11 is 0. The van der Waals surface area contributed by atoms with Crippen molar-refractivity contribution in [3.63, 3.8) is 0 Å². The first-order valence-corrected chi connectivity index (χ1v) is 13.8. The first kappa shape index (κ1) is 26.0. The normalized spacial score (nSPS) is 22.2. The minimum Gasteiger partial charge on any atom is -0.446 e. The SMILES string of the molecule is CC(C(=O)Nc1cc(C2CC[C@@H](OC(=O)NC3(C)CC3)C2)[nH]n1)c1ccc(N2CCCC2=O)cc1-c1nnco1. The van der Waals surface area contributed by atoms with Gasteiger partial charge in [-0.25, -0.2) is 4.79 Å². The largest absolute Gasteiger partial charge is 0.446 e. The second-order valence-electron chi connectivity index (χ2n) is 11.3. The predicted molar refractivity (Wildman–Crippen MR) is 145 cm³/mol. The number of anilines is 2. The first-order chi connectivity index (χ1) is 19.3. The summed E-state index contributed by atoms with van der Waals surface area (Å²) in [6.07, 6.45) is 6.39. The van der Waals surface area contributed by atoms with Crippen molar-refractivity contribution in [2.45, 2.75) is 82.3 Å². The van der Waals surface area contributed by atoms with Crippen LogP contribution in [0.25, 0.3) is 11.5 Å². The molecule has 0 spiro atoms. The van der Waals surface area contributed by atoms with Crippen LogP contribution in [0, 0.1) is 0 Å². The molecule has 12 heteroatoms. The molecule has 40 heavy (non-hydrogen) atoms. The number of nitrogens with zero attached hydrogens (tertiary/aromatic N) is 4. The number of aromatic nitrogens is 4. The van der Waals surface area contributed by atoms with Crippen molar-refractivity contribution in [1.29, 1.82) is 0 Å². The molecule has 3 aliphatic rings. The fourth-order valence-corrected chi connectivity index (χ4v) is 5.54. The van der Waals surface area contributed by atoms with Crippen molar-refractivity contribution in [1.82, 2.24) is 25.7 Å². The minimum atomic E-state index is -0.568. The van der Waals surface area contributed by atoms with Crippen LogP contribution in [0.2, 0.25) is 0 Å². The Morgan fingerprint density at radius 3 is 2.83 bits per heavy atom. The number of carbonyl (C=O) groups is 3. The maximum atomic E-state index is 13.3. The van der Waals surface area contributed by atoms with E-state index in [0.717, 1.165) is 43.5 Å². The molecule has 0 radical (unpaired) electrons. The topological polar surface area (TPSA) is 155 Å². The van der Waals surface area contributed by atoms with E-state index >= 15 is 0 Å². The zero-order valence-electron chi connectivity index (χ0n) is 22.6. The third-order valence-electron chi connectivity index (χ3n) is 8.22. The summed E-state index contributed by atoms with van der Waals surface area (Å²) in [5, 5.41) is 21.0. The number of rotatable bonds is 8. The Kier molecular flexibility index (Phi) is 6.77. The van der Waals surface area contributed by atoms with Gasteiger partial charge in [0.05, 0.1) is 5.92 Å². The van der Waals surface area contributed by atoms with Crippen LogP contribution in [0.15, 0.2) is 35.1 Å². The Labute approximate surface area is 231 Å². The minimum absolute atomic E-state index is 0.0698. The summed E-state index contributed by atoms with van der Waals surface area (Å²) in [5.74, 6) is 0.121. The van der Waals surface area contributed by atoms with Crippen LogP contribution in [0.4, 0.5) is 16.3 Å². The lowest BCUT2D eigenvalue weighted by atomic mass is 9.94. The third-order valence-corrected chi connectivity index (χ3v) is 8.22. The molecule has 1 saturated heterocycles. The summed E-state index contributed by atoms with van der Waals surface area (Å²) in [4.78, 5) is 39.5. The van der Waals surface area contributed by atoms with Gasteiger partial charge in [-0.1, -0.05) is 6.07 Å². The van der Waals surface area contributed by atoms with Crippen molar-refractivity contribution >= 4 is 29.4 Å². The lowest BCUT2D eigenvalue weighted by molar-refractivity contribution is -0.118. The number of benzene rings is 1. The number of H-pyrrole nitrogens is 1. The lowest BCUT2D eigenvalue weighted by Crippen LogP contribution is -2.36. The zero-order valence-corrected chi connectivity index (χ0v) is 22.6. The number of ether oxygens (including phenoxy) is 1. The summed E-state index contributed by atoms with van der Waals surface area (Å²) in [6, 6.07) is 7.34. The molecule has 1 aliphatic heterocycles. The predicted octanol–water partition coefficient (Wildman–Crippen LogP) is 4.24. The Hall–Kier alpha value is -4.22. The molecule has 3 amide bonds. The van der Waals surface area contributed by atoms with Crippen LogP contribution in [0.1, 0.15) is 81.9 Å². The molecule has 0 bridgehead atoms. The molecular formula is C28H33N7O5. The molecular weight excluding hydrogens is 514 g/mol. The van der Waals surface area contributed by atoms with Crippen molar-refractivity contribution in [3.05, 3.63) is 41.9 Å². The maximum absolute atomic E-state index is 13.3. The molecule has 3 atom stereocenters. The summed E-state index contributed by atoms with van der Waals surface area (Å²) in [6.45, 7) is 4.47. The second-order valence-corrected chi connectivity index (χ2v) is 11.3. The molecule has 2 aliphatic carbocycles. The van der Waals surface area contributed by atoms with Crippen LogP contribution in [-0.4, -0.2) is 56.5 Å². The standard InChI is InChI=1S/C28H33N7O5/c1-16(20-8-6-18(35-11-3-4-24(35)36)13-21(20)26-34-29-15-39-26)25(37)30-23-14-22(32-33-23)17-5-7-19(12-17)40-27(38)31-28(2)9-10-28/h6,8,13-17,19H,3-5,7,9-12H2,1-2H3,(H,31,38)(H2,30,32,33,37)/t16?,17?,19-/m1/s1. The molecule has 1 aromatic carbocycles. The van der Waals surface area contributed by atoms with Crippen LogP contribution in [0.3, 0.4) is 0 Å². The molecule has 3 aromatic rings. The fraction of sp³-hybridized carbons (Fsp3) is 0.500. The van der Waals surface area contributed by atoms with Crippen molar-refractivity contribution in [3.8, 4) is 11.5 Å². The molecule has 2 saturated carbocycles. The Bertz CT molecular complexity index is 1410. The molecule has 3 fully saturated rings. The van der Waals surface area contributed by atoms with Crippen LogP contribution in [0.5, 0.6) is 0 Å². The summed E-state index contributed by atoms with van der Waals surface area (Å²) in [5.41, 5.74) is 2.83. The van der Waals surface area contributed by atoms with E-state index in [9.17, 15) is 14.4 Å². The molecule has 210 valence electrons. The number of nitrogens with one attached hydrogen (secondary N) is 3. The molecule has 2 unspecified atom stereocenters. The number of amides is 3. The molecule has 12 nitrogen and oxygen atoms in total. The van der Waals surface area contributed by atoms with Gasteiger partial charge < -0.3 is 24.7 Å². The first-order valence-electron chi connectivity index (χ1n) is 13.8. The zero-order chi connectivity index (χ0) is 27.9. The second kappa shape index (κ2) is 10.4. The number of carbonyl (C=O) groups excluding carboxylic acids is 3. The number of aromatic amines is 1. The van der Waals surface area contributed by atoms with Gasteiger partial charge >= 0.3 is 6.09 Å². The van der Waals surface area contributed by atoms with Crippen molar-refractivity contribution < 1.29 is 23.5 Å². The Balaban J connectivity index is 1.11. The van der Waals surface area contributed by atoms with Gasteiger partial charge in [-0.05, 0) is 70.1 Å². The third kappa shape index (κ3) is 5.43. The molecule has 2 aromatic heterocycles. The monoisotopic (exact) mass is 547 g/mol. The van der Waals surface area contributed by atoms with Gasteiger partial charge in [0, 0.05) is 47.4 Å². The highest BCUT2D eigenvalue weighted by Gasteiger charge is 2.40. The smallest absolute Gasteiger partial charge is 0.407 e. The lowest BCUT2D eigenvalue weighted by Gasteiger charge is -2.20.